The fourth-order valence-corrected chi connectivity index (χ4v) is 4.80. The monoisotopic (exact) mass is 482 g/mol. The van der Waals surface area contributed by atoms with Gasteiger partial charge in [0.1, 0.15) is 20.2 Å². The molecule has 31 heavy (non-hydrogen) atoms. The molecule has 0 N–H and O–H groups in total. The standard InChI is InChI=1S/2C11H10O3S.Ca/c2*1-8-10-5-3-2-4-9(10)6-7-11(8)15(12,13)14;/h2*2-7H,1H3,(H,12,13,14);/q;;+2/p-2. The third-order valence-corrected chi connectivity index (χ3v) is 6.80. The van der Waals surface area contributed by atoms with Gasteiger partial charge in [0.25, 0.3) is 0 Å². The van der Waals surface area contributed by atoms with Gasteiger partial charge in [0.05, 0.1) is 9.79 Å². The van der Waals surface area contributed by atoms with Gasteiger partial charge in [-0.25, -0.2) is 16.8 Å². The van der Waals surface area contributed by atoms with E-state index < -0.39 is 20.2 Å². The van der Waals surface area contributed by atoms with Gasteiger partial charge in [0.2, 0.25) is 0 Å². The second-order valence-electron chi connectivity index (χ2n) is 6.73. The third-order valence-electron chi connectivity index (χ3n) is 4.84. The van der Waals surface area contributed by atoms with Crippen LogP contribution in [-0.2, 0) is 20.2 Å². The average molecular weight is 483 g/mol. The second kappa shape index (κ2) is 9.95. The van der Waals surface area contributed by atoms with Gasteiger partial charge in [-0.3, -0.25) is 0 Å². The molecule has 0 spiro atoms. The van der Waals surface area contributed by atoms with E-state index in [0.29, 0.717) is 11.1 Å². The molecule has 0 amide bonds. The molecule has 0 bridgehead atoms. The molecule has 0 aliphatic carbocycles. The maximum absolute atomic E-state index is 10.9. The maximum atomic E-state index is 10.9. The summed E-state index contributed by atoms with van der Waals surface area (Å²) in [5.41, 5.74) is 1.03. The molecular weight excluding hydrogens is 464 g/mol. The van der Waals surface area contributed by atoms with Gasteiger partial charge in [-0.2, -0.15) is 0 Å². The second-order valence-corrected chi connectivity index (χ2v) is 9.42. The molecule has 0 heterocycles. The van der Waals surface area contributed by atoms with Crippen LogP contribution in [0.3, 0.4) is 0 Å². The fourth-order valence-electron chi connectivity index (χ4n) is 3.36. The number of fused-ring (bicyclic) bond motifs is 2. The Morgan fingerprint density at radius 3 is 1.19 bits per heavy atom. The summed E-state index contributed by atoms with van der Waals surface area (Å²) in [6.07, 6.45) is 0. The van der Waals surface area contributed by atoms with E-state index in [1.165, 1.54) is 12.1 Å². The van der Waals surface area contributed by atoms with E-state index in [1.807, 2.05) is 36.4 Å². The minimum absolute atomic E-state index is 0. The Morgan fingerprint density at radius 2 is 0.871 bits per heavy atom. The maximum Gasteiger partial charge on any atom is 2.00 e. The summed E-state index contributed by atoms with van der Waals surface area (Å²) in [6.45, 7) is 3.29. The van der Waals surface area contributed by atoms with E-state index in [2.05, 4.69) is 0 Å². The molecule has 6 nitrogen and oxygen atoms in total. The first-order chi connectivity index (χ1) is 14.0. The molecule has 0 atom stereocenters. The number of hydrogen-bond donors (Lipinski definition) is 0. The quantitative estimate of drug-likeness (QED) is 0.318. The van der Waals surface area contributed by atoms with Gasteiger partial charge in [0.15, 0.2) is 0 Å². The van der Waals surface area contributed by atoms with Crippen LogP contribution >= 0.6 is 0 Å². The van der Waals surface area contributed by atoms with Crippen LogP contribution in [0.1, 0.15) is 11.1 Å². The zero-order chi connectivity index (χ0) is 22.1. The molecule has 0 aromatic heterocycles. The van der Waals surface area contributed by atoms with E-state index in [4.69, 9.17) is 0 Å². The topological polar surface area (TPSA) is 114 Å². The van der Waals surface area contributed by atoms with Crippen molar-refractivity contribution in [2.24, 2.45) is 0 Å². The Balaban J connectivity index is 0.000000213. The van der Waals surface area contributed by atoms with Crippen molar-refractivity contribution in [1.82, 2.24) is 0 Å². The molecule has 0 unspecified atom stereocenters. The molecule has 0 aliphatic heterocycles. The fraction of sp³-hybridized carbons (Fsp3) is 0.0909. The van der Waals surface area contributed by atoms with E-state index in [9.17, 15) is 25.9 Å². The van der Waals surface area contributed by atoms with Crippen LogP contribution in [0.2, 0.25) is 0 Å². The van der Waals surface area contributed by atoms with Gasteiger partial charge in [0, 0.05) is 0 Å². The zero-order valence-electron chi connectivity index (χ0n) is 16.9. The number of aryl methyl sites for hydroxylation is 2. The number of benzene rings is 4. The first kappa shape index (κ1) is 25.7. The Kier molecular flexibility index (Phi) is 8.27. The first-order valence-electron chi connectivity index (χ1n) is 8.88. The van der Waals surface area contributed by atoms with Crippen LogP contribution in [0.25, 0.3) is 21.5 Å². The Bertz CT molecular complexity index is 1350. The van der Waals surface area contributed by atoms with Crippen LogP contribution in [0.5, 0.6) is 0 Å². The molecule has 0 aliphatic rings. The van der Waals surface area contributed by atoms with Crippen molar-refractivity contribution < 1.29 is 25.9 Å². The van der Waals surface area contributed by atoms with E-state index in [-0.39, 0.29) is 47.5 Å². The van der Waals surface area contributed by atoms with Gasteiger partial charge in [-0.05, 0) is 58.7 Å². The van der Waals surface area contributed by atoms with Crippen LogP contribution < -0.4 is 0 Å². The summed E-state index contributed by atoms with van der Waals surface area (Å²) >= 11 is 0. The van der Waals surface area contributed by atoms with Crippen molar-refractivity contribution in [1.29, 1.82) is 0 Å². The molecular formula is C22H18CaO6S2. The molecule has 156 valence electrons. The van der Waals surface area contributed by atoms with Crippen LogP contribution in [0.4, 0.5) is 0 Å². The number of hydrogen-bond acceptors (Lipinski definition) is 6. The van der Waals surface area contributed by atoms with Crippen molar-refractivity contribution in [3.8, 4) is 0 Å². The van der Waals surface area contributed by atoms with E-state index in [1.54, 1.807) is 38.1 Å². The predicted molar refractivity (Wildman–Crippen MR) is 119 cm³/mol. The number of rotatable bonds is 2. The molecule has 4 rings (SSSR count). The Morgan fingerprint density at radius 1 is 0.548 bits per heavy atom. The van der Waals surface area contributed by atoms with Crippen LogP contribution in [0, 0.1) is 13.8 Å². The summed E-state index contributed by atoms with van der Waals surface area (Å²) < 4.78 is 65.7. The van der Waals surface area contributed by atoms with Crippen molar-refractivity contribution in [3.63, 3.8) is 0 Å². The first-order valence-corrected chi connectivity index (χ1v) is 11.7. The SMILES string of the molecule is Cc1c(S(=O)(=O)[O-])ccc2ccccc12.Cc1c(S(=O)(=O)[O-])ccc2ccccc12.[Ca+2]. The van der Waals surface area contributed by atoms with Crippen molar-refractivity contribution in [3.05, 3.63) is 83.9 Å². The molecule has 4 aromatic carbocycles. The van der Waals surface area contributed by atoms with E-state index >= 15 is 0 Å². The van der Waals surface area contributed by atoms with Gasteiger partial charge >= 0.3 is 37.7 Å². The summed E-state index contributed by atoms with van der Waals surface area (Å²) in [7, 11) is -8.75. The van der Waals surface area contributed by atoms with E-state index in [0.717, 1.165) is 21.5 Å². The summed E-state index contributed by atoms with van der Waals surface area (Å²) in [5.74, 6) is 0. The minimum atomic E-state index is -4.37. The van der Waals surface area contributed by atoms with Crippen LogP contribution in [0.15, 0.2) is 82.6 Å². The normalized spacial score (nSPS) is 11.5. The Hall–Kier alpha value is -1.52. The molecule has 0 fully saturated rings. The predicted octanol–water partition coefficient (Wildman–Crippen LogP) is 3.72. The third kappa shape index (κ3) is 5.84. The van der Waals surface area contributed by atoms with Crippen molar-refractivity contribution in [2.45, 2.75) is 23.6 Å². The average Bonchev–Trinajstić information content (AvgIpc) is 2.67. The Labute approximate surface area is 211 Å². The molecule has 9 heteroatoms. The largest absolute Gasteiger partial charge is 2.00 e. The van der Waals surface area contributed by atoms with Gasteiger partial charge < -0.3 is 9.11 Å². The summed E-state index contributed by atoms with van der Waals surface area (Å²) in [4.78, 5) is -0.276. The molecule has 0 radical (unpaired) electrons. The minimum Gasteiger partial charge on any atom is -0.744 e. The van der Waals surface area contributed by atoms with Gasteiger partial charge in [-0.15, -0.1) is 0 Å². The van der Waals surface area contributed by atoms with Crippen molar-refractivity contribution in [2.75, 3.05) is 0 Å². The smallest absolute Gasteiger partial charge is 0.744 e. The van der Waals surface area contributed by atoms with Gasteiger partial charge in [-0.1, -0.05) is 60.7 Å². The molecule has 0 saturated carbocycles. The van der Waals surface area contributed by atoms with Crippen molar-refractivity contribution >= 4 is 79.5 Å². The zero-order valence-corrected chi connectivity index (χ0v) is 20.7. The summed E-state index contributed by atoms with van der Waals surface area (Å²) in [5, 5.41) is 3.47. The van der Waals surface area contributed by atoms with Crippen LogP contribution in [-0.4, -0.2) is 63.7 Å². The molecule has 0 saturated heterocycles. The molecule has 4 aromatic rings. The summed E-state index contributed by atoms with van der Waals surface area (Å²) in [6, 6.07) is 20.7.